The van der Waals surface area contributed by atoms with Gasteiger partial charge in [-0.25, -0.2) is 17.7 Å². The molecule has 0 saturated carbocycles. The molecule has 0 radical (unpaired) electrons. The van der Waals surface area contributed by atoms with Gasteiger partial charge in [-0.2, -0.15) is 0 Å². The third kappa shape index (κ3) is 4.90. The molecule has 0 amide bonds. The average Bonchev–Trinajstić information content (AvgIpc) is 2.79. The van der Waals surface area contributed by atoms with Gasteiger partial charge in [-0.15, -0.1) is 0 Å². The molecule has 35 heavy (non-hydrogen) atoms. The molecule has 0 spiro atoms. The maximum Gasteiger partial charge on any atom is 0.303 e. The van der Waals surface area contributed by atoms with Gasteiger partial charge in [-0.3, -0.25) is 4.79 Å². The van der Waals surface area contributed by atoms with Crippen LogP contribution < -0.4 is 9.04 Å². The minimum Gasteiger partial charge on any atom is -0.487 e. The summed E-state index contributed by atoms with van der Waals surface area (Å²) in [5.74, 6) is 0.537. The van der Waals surface area contributed by atoms with Gasteiger partial charge < -0.3 is 9.84 Å². The predicted octanol–water partition coefficient (Wildman–Crippen LogP) is 5.05. The lowest BCUT2D eigenvalue weighted by atomic mass is 9.88. The number of benzene rings is 1. The molecule has 2 aliphatic rings. The maximum atomic E-state index is 14.2. The highest BCUT2D eigenvalue weighted by Gasteiger charge is 2.37. The number of carbonyl (C=O) groups is 1. The zero-order valence-electron chi connectivity index (χ0n) is 21.4. The van der Waals surface area contributed by atoms with E-state index in [9.17, 15) is 13.2 Å². The van der Waals surface area contributed by atoms with E-state index in [-0.39, 0.29) is 12.0 Å². The van der Waals surface area contributed by atoms with Gasteiger partial charge in [-0.05, 0) is 113 Å². The van der Waals surface area contributed by atoms with Gasteiger partial charge in [0.1, 0.15) is 17.2 Å². The molecule has 0 fully saturated rings. The summed E-state index contributed by atoms with van der Waals surface area (Å²) in [6.07, 6.45) is 5.17. The zero-order valence-corrected chi connectivity index (χ0v) is 22.2. The van der Waals surface area contributed by atoms with Crippen LogP contribution in [0.5, 0.6) is 5.75 Å². The minimum atomic E-state index is -3.84. The van der Waals surface area contributed by atoms with E-state index >= 15 is 0 Å². The van der Waals surface area contributed by atoms with E-state index in [4.69, 9.17) is 14.8 Å². The number of unbranched alkanes of at least 4 members (excludes halogenated alkanes) is 1. The van der Waals surface area contributed by atoms with Crippen molar-refractivity contribution in [3.05, 3.63) is 45.6 Å². The quantitative estimate of drug-likeness (QED) is 0.535. The Balaban J connectivity index is 1.72. The number of pyridine rings is 1. The van der Waals surface area contributed by atoms with Crippen LogP contribution in [-0.4, -0.2) is 36.6 Å². The number of aryl methyl sites for hydroxylation is 2. The van der Waals surface area contributed by atoms with Gasteiger partial charge in [0, 0.05) is 18.7 Å². The lowest BCUT2D eigenvalue weighted by Crippen LogP contribution is -2.38. The van der Waals surface area contributed by atoms with Crippen LogP contribution in [0.15, 0.2) is 17.0 Å². The van der Waals surface area contributed by atoms with Crippen molar-refractivity contribution >= 4 is 21.8 Å². The van der Waals surface area contributed by atoms with E-state index < -0.39 is 16.0 Å². The van der Waals surface area contributed by atoms with Gasteiger partial charge in [-0.1, -0.05) is 6.07 Å². The number of ether oxygens (including phenoxy) is 1. The number of carboxylic acids is 1. The Bertz CT molecular complexity index is 1270. The summed E-state index contributed by atoms with van der Waals surface area (Å²) in [7, 11) is -3.84. The molecule has 0 bridgehead atoms. The summed E-state index contributed by atoms with van der Waals surface area (Å²) in [5.41, 5.74) is 4.84. The molecule has 0 aliphatic carbocycles. The Hall–Kier alpha value is -2.61. The molecule has 0 saturated heterocycles. The summed E-state index contributed by atoms with van der Waals surface area (Å²) in [6.45, 7) is 10.3. The second-order valence-electron chi connectivity index (χ2n) is 10.4. The molecular formula is C27H36N2O5S. The molecule has 0 unspecified atom stereocenters. The third-order valence-corrected chi connectivity index (χ3v) is 9.41. The van der Waals surface area contributed by atoms with Crippen molar-refractivity contribution in [3.63, 3.8) is 0 Å². The summed E-state index contributed by atoms with van der Waals surface area (Å²) in [5, 5.41) is 8.87. The van der Waals surface area contributed by atoms with Crippen molar-refractivity contribution in [2.45, 2.75) is 96.5 Å². The second kappa shape index (κ2) is 9.45. The highest BCUT2D eigenvalue weighted by Crippen LogP contribution is 2.43. The molecule has 0 atom stereocenters. The second-order valence-corrected chi connectivity index (χ2v) is 12.2. The number of aromatic nitrogens is 1. The normalized spacial score (nSPS) is 16.9. The number of hydrogen-bond donors (Lipinski definition) is 1. The van der Waals surface area contributed by atoms with Gasteiger partial charge in [0.2, 0.25) is 0 Å². The number of rotatable bonds is 7. The summed E-state index contributed by atoms with van der Waals surface area (Å²) in [4.78, 5) is 15.9. The molecule has 190 valence electrons. The number of fused-ring (bicyclic) bond motifs is 2. The SMILES string of the molecule is Cc1c(C)c(S(=O)(=O)N2CCCc3ccc(CCCCC(=O)O)nc32)c(C)c2c1OC(C)(C)CC2. The number of aliphatic carboxylic acids is 1. The Labute approximate surface area is 208 Å². The number of carboxylic acid groups (broad SMARTS) is 1. The van der Waals surface area contributed by atoms with Crippen LogP contribution in [0, 0.1) is 20.8 Å². The number of sulfonamides is 1. The van der Waals surface area contributed by atoms with Gasteiger partial charge in [0.15, 0.2) is 0 Å². The van der Waals surface area contributed by atoms with Crippen LogP contribution >= 0.6 is 0 Å². The molecular weight excluding hydrogens is 464 g/mol. The van der Waals surface area contributed by atoms with Crippen LogP contribution in [0.25, 0.3) is 0 Å². The largest absolute Gasteiger partial charge is 0.487 e. The third-order valence-electron chi connectivity index (χ3n) is 7.35. The fraction of sp³-hybridized carbons (Fsp3) is 0.556. The van der Waals surface area contributed by atoms with Gasteiger partial charge in [0.25, 0.3) is 10.0 Å². The van der Waals surface area contributed by atoms with Crippen molar-refractivity contribution < 1.29 is 23.1 Å². The average molecular weight is 501 g/mol. The van der Waals surface area contributed by atoms with E-state index in [0.29, 0.717) is 36.5 Å². The zero-order chi connectivity index (χ0) is 25.5. The first-order valence-corrected chi connectivity index (χ1v) is 13.9. The molecule has 1 aromatic heterocycles. The number of hydrogen-bond acceptors (Lipinski definition) is 5. The van der Waals surface area contributed by atoms with E-state index in [1.807, 2.05) is 32.9 Å². The Morgan fingerprint density at radius 1 is 1.11 bits per heavy atom. The molecule has 8 heteroatoms. The molecule has 3 heterocycles. The number of nitrogens with zero attached hydrogens (tertiary/aromatic N) is 2. The van der Waals surface area contributed by atoms with Crippen molar-refractivity contribution in [2.24, 2.45) is 0 Å². The van der Waals surface area contributed by atoms with Crippen LogP contribution in [-0.2, 0) is 34.1 Å². The van der Waals surface area contributed by atoms with E-state index in [1.54, 1.807) is 0 Å². The van der Waals surface area contributed by atoms with E-state index in [0.717, 1.165) is 64.9 Å². The topological polar surface area (TPSA) is 96.8 Å². The van der Waals surface area contributed by atoms with Crippen molar-refractivity contribution in [3.8, 4) is 5.75 Å². The minimum absolute atomic E-state index is 0.128. The van der Waals surface area contributed by atoms with Gasteiger partial charge in [0.05, 0.1) is 4.90 Å². The molecule has 1 aromatic carbocycles. The Morgan fingerprint density at radius 2 is 1.86 bits per heavy atom. The standard InChI is InChI=1S/C27H36N2O5S/c1-17-18(2)25(19(3)22-14-15-27(4,5)34-24(17)22)35(32,33)29-16-8-9-20-12-13-21(28-26(20)29)10-6-7-11-23(30)31/h12-13H,6-11,14-16H2,1-5H3,(H,30,31). The highest BCUT2D eigenvalue weighted by molar-refractivity contribution is 7.93. The fourth-order valence-electron chi connectivity index (χ4n) is 5.25. The van der Waals surface area contributed by atoms with Crippen LogP contribution in [0.4, 0.5) is 5.82 Å². The molecule has 4 rings (SSSR count). The lowest BCUT2D eigenvalue weighted by molar-refractivity contribution is -0.137. The van der Waals surface area contributed by atoms with Gasteiger partial charge >= 0.3 is 5.97 Å². The molecule has 1 N–H and O–H groups in total. The van der Waals surface area contributed by atoms with E-state index in [2.05, 4.69) is 13.8 Å². The Kier molecular flexibility index (Phi) is 6.88. The first kappa shape index (κ1) is 25.5. The Morgan fingerprint density at radius 3 is 2.57 bits per heavy atom. The first-order valence-electron chi connectivity index (χ1n) is 12.5. The summed E-state index contributed by atoms with van der Waals surface area (Å²) in [6, 6.07) is 3.92. The highest BCUT2D eigenvalue weighted by atomic mass is 32.2. The van der Waals surface area contributed by atoms with Crippen LogP contribution in [0.1, 0.15) is 79.5 Å². The first-order chi connectivity index (χ1) is 16.4. The van der Waals surface area contributed by atoms with Crippen molar-refractivity contribution in [2.75, 3.05) is 10.8 Å². The fourth-order valence-corrected chi connectivity index (χ4v) is 7.27. The smallest absolute Gasteiger partial charge is 0.303 e. The van der Waals surface area contributed by atoms with Crippen molar-refractivity contribution in [1.82, 2.24) is 4.98 Å². The van der Waals surface area contributed by atoms with Crippen LogP contribution in [0.3, 0.4) is 0 Å². The monoisotopic (exact) mass is 500 g/mol. The summed E-state index contributed by atoms with van der Waals surface area (Å²) >= 11 is 0. The molecule has 7 nitrogen and oxygen atoms in total. The number of anilines is 1. The van der Waals surface area contributed by atoms with Crippen LogP contribution in [0.2, 0.25) is 0 Å². The molecule has 2 aromatic rings. The van der Waals surface area contributed by atoms with Crippen molar-refractivity contribution in [1.29, 1.82) is 0 Å². The lowest BCUT2D eigenvalue weighted by Gasteiger charge is -2.36. The molecule has 2 aliphatic heterocycles. The predicted molar refractivity (Wildman–Crippen MR) is 136 cm³/mol. The maximum absolute atomic E-state index is 14.2. The summed E-state index contributed by atoms with van der Waals surface area (Å²) < 4.78 is 36.2. The van der Waals surface area contributed by atoms with E-state index in [1.165, 1.54) is 4.31 Å².